The minimum atomic E-state index is -2.52. The zero-order valence-corrected chi connectivity index (χ0v) is 19.1. The molecule has 0 amide bonds. The summed E-state index contributed by atoms with van der Waals surface area (Å²) < 4.78 is 83.0. The molecule has 2 aromatic rings. The minimum Gasteiger partial charge on any atom is -0.491 e. The lowest BCUT2D eigenvalue weighted by molar-refractivity contribution is -0.130. The van der Waals surface area contributed by atoms with Crippen LogP contribution in [0.1, 0.15) is 57.1 Å². The molecule has 1 aliphatic rings. The lowest BCUT2D eigenvalue weighted by Gasteiger charge is -2.28. The smallest absolute Gasteiger partial charge is 0.339 e. The van der Waals surface area contributed by atoms with Crippen LogP contribution in [0.4, 0.5) is 22.0 Å². The summed E-state index contributed by atoms with van der Waals surface area (Å²) in [4.78, 5) is 12.4. The number of alkyl halides is 3. The molecule has 0 spiro atoms. The average molecular weight is 480 g/mol. The summed E-state index contributed by atoms with van der Waals surface area (Å²) in [6, 6.07) is 4.95. The predicted octanol–water partition coefficient (Wildman–Crippen LogP) is 7.61. The fourth-order valence-electron chi connectivity index (χ4n) is 3.80. The van der Waals surface area contributed by atoms with Crippen LogP contribution >= 0.6 is 0 Å². The fourth-order valence-corrected chi connectivity index (χ4v) is 3.80. The predicted molar refractivity (Wildman–Crippen MR) is 119 cm³/mol. The van der Waals surface area contributed by atoms with Gasteiger partial charge in [-0.3, -0.25) is 0 Å². The Morgan fingerprint density at radius 2 is 1.50 bits per heavy atom. The van der Waals surface area contributed by atoms with Crippen molar-refractivity contribution in [3.63, 3.8) is 0 Å². The molecule has 2 unspecified atom stereocenters. The Hall–Kier alpha value is -3.16. The van der Waals surface area contributed by atoms with Gasteiger partial charge in [0, 0.05) is 16.7 Å². The maximum atomic E-state index is 15.2. The monoisotopic (exact) mass is 480 g/mol. The van der Waals surface area contributed by atoms with Crippen molar-refractivity contribution >= 4 is 5.97 Å². The Balaban J connectivity index is 1.96. The number of halogens is 5. The number of benzene rings is 2. The zero-order chi connectivity index (χ0) is 25.0. The van der Waals surface area contributed by atoms with Gasteiger partial charge in [-0.2, -0.15) is 0 Å². The number of ether oxygens (including phenoxy) is 2. The summed E-state index contributed by atoms with van der Waals surface area (Å²) in [6.45, 7) is 4.38. The number of carbonyl (C=O) groups excluding carboxylic acids is 1. The van der Waals surface area contributed by atoms with Crippen LogP contribution in [0.25, 0.3) is 11.1 Å². The van der Waals surface area contributed by atoms with Gasteiger partial charge in [-0.15, -0.1) is 0 Å². The van der Waals surface area contributed by atoms with Crippen LogP contribution in [-0.4, -0.2) is 19.3 Å². The molecular formula is C26H25F5O3. The summed E-state index contributed by atoms with van der Waals surface area (Å²) in [5.41, 5.74) is -0.699. The molecule has 0 fully saturated rings. The molecule has 2 aromatic carbocycles. The number of esters is 1. The van der Waals surface area contributed by atoms with E-state index in [1.165, 1.54) is 37.3 Å². The number of fused-ring (bicyclic) bond motifs is 3. The van der Waals surface area contributed by atoms with Crippen molar-refractivity contribution in [3.05, 3.63) is 70.3 Å². The van der Waals surface area contributed by atoms with E-state index in [1.54, 1.807) is 6.92 Å². The van der Waals surface area contributed by atoms with Crippen LogP contribution in [0.15, 0.2) is 47.6 Å². The lowest BCUT2D eigenvalue weighted by Crippen LogP contribution is -2.17. The van der Waals surface area contributed by atoms with Crippen molar-refractivity contribution in [3.8, 4) is 22.6 Å². The van der Waals surface area contributed by atoms with Gasteiger partial charge in [-0.25, -0.2) is 26.7 Å². The number of carbonyl (C=O) groups is 1. The van der Waals surface area contributed by atoms with E-state index < -0.39 is 53.5 Å². The van der Waals surface area contributed by atoms with E-state index in [1.807, 2.05) is 6.92 Å². The second kappa shape index (κ2) is 10.8. The quantitative estimate of drug-likeness (QED) is 0.128. The highest BCUT2D eigenvalue weighted by Crippen LogP contribution is 2.52. The van der Waals surface area contributed by atoms with Gasteiger partial charge in [0.2, 0.25) is 0 Å². The SMILES string of the molecule is CCC/C(=C/C=C(\C)C(=O)Oc1ccc2c(c1F)C(F)C(F)c1c-2ccc(OCC)c1F)CF. The van der Waals surface area contributed by atoms with E-state index in [4.69, 9.17) is 9.47 Å². The van der Waals surface area contributed by atoms with Crippen LogP contribution in [0, 0.1) is 11.6 Å². The Kier molecular flexibility index (Phi) is 8.12. The van der Waals surface area contributed by atoms with E-state index in [-0.39, 0.29) is 29.1 Å². The molecule has 0 saturated carbocycles. The molecule has 0 saturated heterocycles. The second-order valence-corrected chi connectivity index (χ2v) is 7.86. The molecule has 0 heterocycles. The van der Waals surface area contributed by atoms with Crippen molar-refractivity contribution in [2.75, 3.05) is 13.3 Å². The van der Waals surface area contributed by atoms with Crippen molar-refractivity contribution in [2.24, 2.45) is 0 Å². The van der Waals surface area contributed by atoms with E-state index in [2.05, 4.69) is 0 Å². The lowest BCUT2D eigenvalue weighted by atomic mass is 9.82. The van der Waals surface area contributed by atoms with Crippen LogP contribution in [0.3, 0.4) is 0 Å². The topological polar surface area (TPSA) is 35.5 Å². The van der Waals surface area contributed by atoms with E-state index in [0.717, 1.165) is 12.5 Å². The highest BCUT2D eigenvalue weighted by Gasteiger charge is 2.40. The standard InChI is InChI=1S/C26H25F5O3/c1-4-6-15(13-27)8-7-14(3)26(32)34-19-12-10-17-16-9-11-18(33-5-2)22(28)20(16)24(30)25(31)21(17)23(19)29/h7-12,24-25H,4-6,13H2,1-3H3/b14-7+,15-8-. The second-order valence-electron chi connectivity index (χ2n) is 7.86. The minimum absolute atomic E-state index is 0.00924. The number of allylic oxidation sites excluding steroid dienone is 3. The van der Waals surface area contributed by atoms with Gasteiger partial charge in [-0.1, -0.05) is 37.6 Å². The molecule has 1 aliphatic carbocycles. The fraction of sp³-hybridized carbons (Fsp3) is 0.346. The Morgan fingerprint density at radius 1 is 0.941 bits per heavy atom. The highest BCUT2D eigenvalue weighted by atomic mass is 19.2. The van der Waals surface area contributed by atoms with Crippen molar-refractivity contribution in [1.29, 1.82) is 0 Å². The van der Waals surface area contributed by atoms with Gasteiger partial charge in [0.05, 0.1) is 6.61 Å². The molecule has 0 bridgehead atoms. The van der Waals surface area contributed by atoms with Crippen molar-refractivity contribution < 1.29 is 36.2 Å². The van der Waals surface area contributed by atoms with Gasteiger partial charge >= 0.3 is 5.97 Å². The third-order valence-corrected chi connectivity index (χ3v) is 5.52. The molecule has 34 heavy (non-hydrogen) atoms. The molecular weight excluding hydrogens is 455 g/mol. The van der Waals surface area contributed by atoms with E-state index >= 15 is 4.39 Å². The number of hydrogen-bond acceptors (Lipinski definition) is 3. The first-order chi connectivity index (χ1) is 16.2. The van der Waals surface area contributed by atoms with E-state index in [0.29, 0.717) is 12.0 Å². The van der Waals surface area contributed by atoms with Gasteiger partial charge in [0.15, 0.2) is 35.5 Å². The molecule has 0 aromatic heterocycles. The number of hydrogen-bond donors (Lipinski definition) is 0. The van der Waals surface area contributed by atoms with Crippen LogP contribution in [0.2, 0.25) is 0 Å². The third kappa shape index (κ3) is 4.86. The molecule has 0 aliphatic heterocycles. The highest BCUT2D eigenvalue weighted by molar-refractivity contribution is 5.90. The van der Waals surface area contributed by atoms with Gasteiger partial charge in [0.25, 0.3) is 0 Å². The maximum Gasteiger partial charge on any atom is 0.339 e. The Labute approximate surface area is 194 Å². The first-order valence-corrected chi connectivity index (χ1v) is 11.0. The number of rotatable bonds is 8. The third-order valence-electron chi connectivity index (χ3n) is 5.52. The molecule has 3 rings (SSSR count). The Morgan fingerprint density at radius 3 is 2.03 bits per heavy atom. The first-order valence-electron chi connectivity index (χ1n) is 11.0. The van der Waals surface area contributed by atoms with Gasteiger partial charge < -0.3 is 9.47 Å². The maximum absolute atomic E-state index is 15.2. The molecule has 2 atom stereocenters. The van der Waals surface area contributed by atoms with Gasteiger partial charge in [0.1, 0.15) is 6.67 Å². The summed E-state index contributed by atoms with van der Waals surface area (Å²) in [5.74, 6) is -4.04. The van der Waals surface area contributed by atoms with E-state index in [9.17, 15) is 22.4 Å². The van der Waals surface area contributed by atoms with Crippen LogP contribution in [0.5, 0.6) is 11.5 Å². The molecule has 0 N–H and O–H groups in total. The molecule has 3 nitrogen and oxygen atoms in total. The molecule has 0 radical (unpaired) electrons. The first kappa shape index (κ1) is 25.5. The summed E-state index contributed by atoms with van der Waals surface area (Å²) >= 11 is 0. The summed E-state index contributed by atoms with van der Waals surface area (Å²) in [6.07, 6.45) is -0.941. The summed E-state index contributed by atoms with van der Waals surface area (Å²) in [5, 5.41) is 0. The van der Waals surface area contributed by atoms with Crippen LogP contribution in [-0.2, 0) is 4.79 Å². The molecule has 182 valence electrons. The van der Waals surface area contributed by atoms with Gasteiger partial charge in [-0.05, 0) is 49.1 Å². The van der Waals surface area contributed by atoms with Crippen molar-refractivity contribution in [2.45, 2.75) is 46.0 Å². The summed E-state index contributed by atoms with van der Waals surface area (Å²) in [7, 11) is 0. The van der Waals surface area contributed by atoms with Crippen LogP contribution < -0.4 is 9.47 Å². The zero-order valence-electron chi connectivity index (χ0n) is 19.1. The molecule has 8 heteroatoms. The average Bonchev–Trinajstić information content (AvgIpc) is 2.82. The largest absolute Gasteiger partial charge is 0.491 e. The Bertz CT molecular complexity index is 1140. The van der Waals surface area contributed by atoms with Crippen molar-refractivity contribution in [1.82, 2.24) is 0 Å². The normalized spacial score (nSPS) is 17.8.